The van der Waals surface area contributed by atoms with E-state index in [-0.39, 0.29) is 11.1 Å². The highest BCUT2D eigenvalue weighted by molar-refractivity contribution is 9.09. The third kappa shape index (κ3) is 3.24. The van der Waals surface area contributed by atoms with E-state index in [2.05, 4.69) is 15.9 Å². The Morgan fingerprint density at radius 1 is 1.67 bits per heavy atom. The van der Waals surface area contributed by atoms with Crippen LogP contribution in [0, 0.1) is 0 Å². The van der Waals surface area contributed by atoms with Gasteiger partial charge in [-0.25, -0.2) is 0 Å². The first-order valence-corrected chi connectivity index (χ1v) is 6.28. The van der Waals surface area contributed by atoms with Gasteiger partial charge in [0.1, 0.15) is 0 Å². The average Bonchev–Trinajstić information content (AvgIpc) is 2.65. The molecule has 1 amide bonds. The van der Waals surface area contributed by atoms with Crippen molar-refractivity contribution in [1.82, 2.24) is 4.90 Å². The molecule has 1 rings (SSSR count). The fourth-order valence-corrected chi connectivity index (χ4v) is 1.72. The zero-order valence-electron chi connectivity index (χ0n) is 8.50. The molecule has 0 spiro atoms. The van der Waals surface area contributed by atoms with Gasteiger partial charge < -0.3 is 9.32 Å². The maximum atomic E-state index is 11.9. The maximum Gasteiger partial charge on any atom is 0.258 e. The SMILES string of the molecule is CCN(CCCBr)C(=O)c1ccoc1Cl. The highest BCUT2D eigenvalue weighted by Gasteiger charge is 2.18. The van der Waals surface area contributed by atoms with Crippen molar-refractivity contribution in [2.75, 3.05) is 18.4 Å². The Bertz CT molecular complexity index is 327. The van der Waals surface area contributed by atoms with Crippen molar-refractivity contribution in [2.45, 2.75) is 13.3 Å². The Hall–Kier alpha value is -0.480. The van der Waals surface area contributed by atoms with E-state index in [4.69, 9.17) is 16.0 Å². The zero-order valence-corrected chi connectivity index (χ0v) is 10.8. The number of alkyl halides is 1. The second-order valence-corrected chi connectivity index (χ2v) is 4.17. The monoisotopic (exact) mass is 293 g/mol. The molecule has 1 aromatic heterocycles. The predicted molar refractivity (Wildman–Crippen MR) is 63.7 cm³/mol. The highest BCUT2D eigenvalue weighted by Crippen LogP contribution is 2.18. The van der Waals surface area contributed by atoms with Crippen molar-refractivity contribution in [1.29, 1.82) is 0 Å². The fourth-order valence-electron chi connectivity index (χ4n) is 1.27. The molecule has 0 bridgehead atoms. The van der Waals surface area contributed by atoms with Crippen LogP contribution in [0.2, 0.25) is 5.22 Å². The third-order valence-corrected chi connectivity index (χ3v) is 2.93. The summed E-state index contributed by atoms with van der Waals surface area (Å²) in [5.74, 6) is -0.0720. The molecular formula is C10H13BrClNO2. The van der Waals surface area contributed by atoms with Crippen LogP contribution >= 0.6 is 27.5 Å². The standard InChI is InChI=1S/C10H13BrClNO2/c1-2-13(6-3-5-11)10(14)8-4-7-15-9(8)12/h4,7H,2-3,5-6H2,1H3. The molecule has 3 nitrogen and oxygen atoms in total. The van der Waals surface area contributed by atoms with Gasteiger partial charge in [-0.15, -0.1) is 0 Å². The summed E-state index contributed by atoms with van der Waals surface area (Å²) in [4.78, 5) is 13.7. The lowest BCUT2D eigenvalue weighted by molar-refractivity contribution is 0.0764. The van der Waals surface area contributed by atoms with E-state index in [1.54, 1.807) is 11.0 Å². The first kappa shape index (κ1) is 12.6. The van der Waals surface area contributed by atoms with E-state index in [1.165, 1.54) is 6.26 Å². The molecule has 0 saturated carbocycles. The van der Waals surface area contributed by atoms with Crippen molar-refractivity contribution in [3.8, 4) is 0 Å². The first-order chi connectivity index (χ1) is 7.20. The van der Waals surface area contributed by atoms with Gasteiger partial charge in [0.2, 0.25) is 5.22 Å². The molecule has 0 saturated heterocycles. The topological polar surface area (TPSA) is 33.5 Å². The maximum absolute atomic E-state index is 11.9. The van der Waals surface area contributed by atoms with Gasteiger partial charge >= 0.3 is 0 Å². The number of hydrogen-bond acceptors (Lipinski definition) is 2. The van der Waals surface area contributed by atoms with E-state index < -0.39 is 0 Å². The molecule has 84 valence electrons. The minimum atomic E-state index is -0.0720. The van der Waals surface area contributed by atoms with Crippen molar-refractivity contribution in [2.24, 2.45) is 0 Å². The Balaban J connectivity index is 2.69. The van der Waals surface area contributed by atoms with Gasteiger partial charge in [-0.2, -0.15) is 0 Å². The molecule has 5 heteroatoms. The molecule has 15 heavy (non-hydrogen) atoms. The van der Waals surface area contributed by atoms with Gasteiger partial charge in [-0.3, -0.25) is 4.79 Å². The lowest BCUT2D eigenvalue weighted by Crippen LogP contribution is -2.31. The number of hydrogen-bond donors (Lipinski definition) is 0. The second kappa shape index (κ2) is 6.18. The number of nitrogens with zero attached hydrogens (tertiary/aromatic N) is 1. The predicted octanol–water partition coefficient (Wildman–Crippen LogP) is 3.18. The largest absolute Gasteiger partial charge is 0.452 e. The Morgan fingerprint density at radius 2 is 2.40 bits per heavy atom. The van der Waals surface area contributed by atoms with Crippen LogP contribution in [-0.2, 0) is 0 Å². The Labute approximate surface area is 103 Å². The summed E-state index contributed by atoms with van der Waals surface area (Å²) < 4.78 is 4.89. The smallest absolute Gasteiger partial charge is 0.258 e. The van der Waals surface area contributed by atoms with Crippen LogP contribution in [-0.4, -0.2) is 29.2 Å². The number of amides is 1. The minimum absolute atomic E-state index is 0.0720. The van der Waals surface area contributed by atoms with Crippen molar-refractivity contribution in [3.05, 3.63) is 23.1 Å². The lowest BCUT2D eigenvalue weighted by atomic mass is 10.3. The summed E-state index contributed by atoms with van der Waals surface area (Å²) in [6.45, 7) is 3.34. The molecule has 1 aromatic rings. The van der Waals surface area contributed by atoms with Crippen LogP contribution in [0.4, 0.5) is 0 Å². The summed E-state index contributed by atoms with van der Waals surface area (Å²) in [6.07, 6.45) is 2.35. The molecule has 0 aliphatic carbocycles. The summed E-state index contributed by atoms with van der Waals surface area (Å²) in [5, 5.41) is 1.05. The van der Waals surface area contributed by atoms with Gasteiger partial charge in [0, 0.05) is 18.4 Å². The molecule has 0 aromatic carbocycles. The average molecular weight is 295 g/mol. The van der Waals surface area contributed by atoms with Crippen LogP contribution < -0.4 is 0 Å². The normalized spacial score (nSPS) is 10.3. The molecule has 1 heterocycles. The van der Waals surface area contributed by atoms with Gasteiger partial charge in [-0.1, -0.05) is 15.9 Å². The number of rotatable bonds is 5. The molecule has 0 radical (unpaired) electrons. The quantitative estimate of drug-likeness (QED) is 0.782. The molecule has 0 fully saturated rings. The fraction of sp³-hybridized carbons (Fsp3) is 0.500. The van der Waals surface area contributed by atoms with Crippen LogP contribution in [0.3, 0.4) is 0 Å². The van der Waals surface area contributed by atoms with Gasteiger partial charge in [0.15, 0.2) is 0 Å². The molecule has 0 aliphatic rings. The number of carbonyl (C=O) groups excluding carboxylic acids is 1. The van der Waals surface area contributed by atoms with Crippen LogP contribution in [0.15, 0.2) is 16.7 Å². The van der Waals surface area contributed by atoms with Crippen LogP contribution in [0.5, 0.6) is 0 Å². The second-order valence-electron chi connectivity index (χ2n) is 3.04. The van der Waals surface area contributed by atoms with Crippen LogP contribution in [0.1, 0.15) is 23.7 Å². The van der Waals surface area contributed by atoms with E-state index in [0.29, 0.717) is 12.1 Å². The Morgan fingerprint density at radius 3 is 2.87 bits per heavy atom. The summed E-state index contributed by atoms with van der Waals surface area (Å²) >= 11 is 9.08. The van der Waals surface area contributed by atoms with Gasteiger partial charge in [0.05, 0.1) is 11.8 Å². The molecule has 0 unspecified atom stereocenters. The van der Waals surface area contributed by atoms with E-state index >= 15 is 0 Å². The van der Waals surface area contributed by atoms with Gasteiger partial charge in [0.25, 0.3) is 5.91 Å². The van der Waals surface area contributed by atoms with Gasteiger partial charge in [-0.05, 0) is 31.0 Å². The summed E-state index contributed by atoms with van der Waals surface area (Å²) in [7, 11) is 0. The first-order valence-electron chi connectivity index (χ1n) is 4.79. The molecule has 0 atom stereocenters. The number of halogens is 2. The van der Waals surface area contributed by atoms with E-state index in [1.807, 2.05) is 6.92 Å². The van der Waals surface area contributed by atoms with Crippen LogP contribution in [0.25, 0.3) is 0 Å². The zero-order chi connectivity index (χ0) is 11.3. The summed E-state index contributed by atoms with van der Waals surface area (Å²) in [5.41, 5.74) is 0.438. The molecular weight excluding hydrogens is 281 g/mol. The minimum Gasteiger partial charge on any atom is -0.452 e. The molecule has 0 aliphatic heterocycles. The Kier molecular flexibility index (Phi) is 5.19. The van der Waals surface area contributed by atoms with Crippen molar-refractivity contribution in [3.63, 3.8) is 0 Å². The van der Waals surface area contributed by atoms with Crippen molar-refractivity contribution >= 4 is 33.4 Å². The third-order valence-electron chi connectivity index (χ3n) is 2.08. The van der Waals surface area contributed by atoms with E-state index in [9.17, 15) is 4.79 Å². The summed E-state index contributed by atoms with van der Waals surface area (Å²) in [6, 6.07) is 1.60. The number of carbonyl (C=O) groups is 1. The van der Waals surface area contributed by atoms with Crippen molar-refractivity contribution < 1.29 is 9.21 Å². The molecule has 0 N–H and O–H groups in total. The van der Waals surface area contributed by atoms with E-state index in [0.717, 1.165) is 18.3 Å². The highest BCUT2D eigenvalue weighted by atomic mass is 79.9. The lowest BCUT2D eigenvalue weighted by Gasteiger charge is -2.19. The number of furan rings is 1.